The largest absolute Gasteiger partial charge is 0.432 e. The molecule has 3 aliphatic heterocycles. The van der Waals surface area contributed by atoms with Crippen LogP contribution in [0.5, 0.6) is 0 Å². The molecule has 8 rings (SSSR count). The lowest BCUT2D eigenvalue weighted by Crippen LogP contribution is -2.68. The topological polar surface area (TPSA) is 255 Å². The molecule has 63 heavy (non-hydrogen) atoms. The number of ether oxygens (including phenoxy) is 6. The van der Waals surface area contributed by atoms with E-state index in [2.05, 4.69) is 48.1 Å². The van der Waals surface area contributed by atoms with Gasteiger partial charge in [0.15, 0.2) is 12.6 Å². The van der Waals surface area contributed by atoms with E-state index in [4.69, 9.17) is 28.4 Å². The van der Waals surface area contributed by atoms with Gasteiger partial charge in [0.2, 0.25) is 6.29 Å². The molecule has 16 nitrogen and oxygen atoms in total. The van der Waals surface area contributed by atoms with Crippen molar-refractivity contribution in [3.05, 3.63) is 12.2 Å². The molecule has 5 aliphatic carbocycles. The minimum Gasteiger partial charge on any atom is -0.432 e. The summed E-state index contributed by atoms with van der Waals surface area (Å²) < 4.78 is 36.2. The zero-order valence-corrected chi connectivity index (χ0v) is 38.1. The van der Waals surface area contributed by atoms with Gasteiger partial charge in [-0.2, -0.15) is 0 Å². The maximum absolute atomic E-state index is 14.7. The van der Waals surface area contributed by atoms with Crippen molar-refractivity contribution in [1.82, 2.24) is 0 Å². The molecular weight excluding hydrogens is 821 g/mol. The van der Waals surface area contributed by atoms with Crippen LogP contribution in [0.2, 0.25) is 0 Å². The molecule has 8 aliphatic rings. The van der Waals surface area contributed by atoms with Crippen molar-refractivity contribution >= 4 is 5.97 Å². The number of rotatable bonds is 8. The summed E-state index contributed by atoms with van der Waals surface area (Å²) >= 11 is 0. The molecular formula is C47H76O16. The van der Waals surface area contributed by atoms with Gasteiger partial charge in [-0.1, -0.05) is 46.8 Å². The lowest BCUT2D eigenvalue weighted by Gasteiger charge is -2.73. The van der Waals surface area contributed by atoms with E-state index in [0.29, 0.717) is 25.2 Å². The van der Waals surface area contributed by atoms with Crippen LogP contribution in [0.1, 0.15) is 113 Å². The van der Waals surface area contributed by atoms with Gasteiger partial charge in [0.25, 0.3) is 0 Å². The van der Waals surface area contributed by atoms with Gasteiger partial charge in [-0.25, -0.2) is 0 Å². The first-order chi connectivity index (χ1) is 29.5. The van der Waals surface area contributed by atoms with Crippen LogP contribution in [0.15, 0.2) is 12.2 Å². The van der Waals surface area contributed by atoms with Crippen LogP contribution in [0.25, 0.3) is 0 Å². The van der Waals surface area contributed by atoms with E-state index < -0.39 is 104 Å². The summed E-state index contributed by atoms with van der Waals surface area (Å²) in [7, 11) is 0. The Balaban J connectivity index is 1.01. The van der Waals surface area contributed by atoms with Crippen molar-refractivity contribution < 1.29 is 79.2 Å². The number of aliphatic hydroxyl groups excluding tert-OH is 9. The first-order valence-corrected chi connectivity index (χ1v) is 23.6. The van der Waals surface area contributed by atoms with Crippen LogP contribution >= 0.6 is 0 Å². The summed E-state index contributed by atoms with van der Waals surface area (Å²) in [6.45, 7) is 19.1. The van der Waals surface area contributed by atoms with Crippen LogP contribution in [-0.2, 0) is 33.2 Å². The van der Waals surface area contributed by atoms with Gasteiger partial charge in [0, 0.05) is 0 Å². The fraction of sp³-hybridized carbons (Fsp3) is 0.936. The minimum atomic E-state index is -1.67. The second kappa shape index (κ2) is 17.0. The van der Waals surface area contributed by atoms with Crippen LogP contribution in [-0.4, -0.2) is 157 Å². The summed E-state index contributed by atoms with van der Waals surface area (Å²) in [5, 5.41) is 94.8. The predicted molar refractivity (Wildman–Crippen MR) is 223 cm³/mol. The molecule has 0 aromatic carbocycles. The van der Waals surface area contributed by atoms with E-state index in [1.54, 1.807) is 6.92 Å². The minimum absolute atomic E-state index is 0.0498. The highest BCUT2D eigenvalue weighted by Crippen LogP contribution is 2.78. The van der Waals surface area contributed by atoms with E-state index in [0.717, 1.165) is 50.5 Å². The zero-order valence-electron chi connectivity index (χ0n) is 38.1. The Bertz CT molecular complexity index is 1700. The summed E-state index contributed by atoms with van der Waals surface area (Å²) in [6, 6.07) is 0. The number of carbonyl (C=O) groups excluding carboxylic acids is 1. The van der Waals surface area contributed by atoms with Crippen molar-refractivity contribution in [2.75, 3.05) is 13.2 Å². The summed E-state index contributed by atoms with van der Waals surface area (Å²) in [6.07, 6.45) is -11.5. The second-order valence-electron chi connectivity index (χ2n) is 22.5. The molecule has 8 fully saturated rings. The lowest BCUT2D eigenvalue weighted by molar-refractivity contribution is -0.365. The number of allylic oxidation sites excluding steroid dienone is 1. The smallest absolute Gasteiger partial charge is 0.314 e. The van der Waals surface area contributed by atoms with Gasteiger partial charge in [0.1, 0.15) is 61.0 Å². The maximum atomic E-state index is 14.7. The Hall–Kier alpha value is -1.35. The molecule has 16 heteroatoms. The molecule has 0 aromatic heterocycles. The molecule has 5 saturated carbocycles. The van der Waals surface area contributed by atoms with Crippen molar-refractivity contribution in [3.8, 4) is 0 Å². The van der Waals surface area contributed by atoms with Gasteiger partial charge in [-0.15, -0.1) is 0 Å². The number of hydrogen-bond acceptors (Lipinski definition) is 16. The highest BCUT2D eigenvalue weighted by Gasteiger charge is 2.73. The van der Waals surface area contributed by atoms with Crippen LogP contribution in [0.4, 0.5) is 0 Å². The first-order valence-electron chi connectivity index (χ1n) is 23.6. The average Bonchev–Trinajstić information content (AvgIpc) is 3.64. The monoisotopic (exact) mass is 897 g/mol. The van der Waals surface area contributed by atoms with Crippen molar-refractivity contribution in [2.45, 2.75) is 205 Å². The molecule has 360 valence electrons. The SMILES string of the molecule is C=C(C)[C@H]1CC[C@]2(C(=O)O[C@@H]3O[C@@H](CO)[C@@H](O)[C@H](O)[C@@H]3O)CC[C@]3(C)[C@H](CC[C@H]4[C@]5(C)CC[C@H](O[C@@H]6OC[C@@H](O)[C@H](O)[C@@H]6O[C@@H]6O[C@@H](C)[C@H](O)[C@@H](O)[C@H]6O)C(C)(C)[C@@H]5CC[C@]43C)[C@H]12. The van der Waals surface area contributed by atoms with E-state index in [-0.39, 0.29) is 58.0 Å². The quantitative estimate of drug-likeness (QED) is 0.0955. The van der Waals surface area contributed by atoms with Crippen LogP contribution in [0.3, 0.4) is 0 Å². The molecule has 0 bridgehead atoms. The van der Waals surface area contributed by atoms with E-state index in [1.807, 2.05) is 0 Å². The highest BCUT2D eigenvalue weighted by molar-refractivity contribution is 5.78. The Morgan fingerprint density at radius 1 is 0.683 bits per heavy atom. The summed E-state index contributed by atoms with van der Waals surface area (Å²) in [4.78, 5) is 14.7. The number of hydrogen-bond donors (Lipinski definition) is 9. The molecule has 24 atom stereocenters. The number of carbonyl (C=O) groups is 1. The average molecular weight is 897 g/mol. The second-order valence-corrected chi connectivity index (χ2v) is 22.5. The number of fused-ring (bicyclic) bond motifs is 7. The van der Waals surface area contributed by atoms with Gasteiger partial charge < -0.3 is 74.4 Å². The first kappa shape index (κ1) is 48.1. The summed E-state index contributed by atoms with van der Waals surface area (Å²) in [5.41, 5.74) is -0.412. The standard InChI is InChI=1S/C47H76O16/c1-21(2)23-11-16-47(42(57)63-40-37(56)35(54)33(52)26(19-48)60-40)18-17-45(7)24(30(23)47)9-10-28-44(6)14-13-29(43(4,5)27(44)12-15-46(28,45)8)61-41-38(32(51)25(49)20-58-41)62-39-36(55)34(53)31(50)22(3)59-39/h22-41,48-56H,1,9-20H2,2-8H3/t22-,23+,24+,25+,26-,27-,28-,29-,30-,31-,32-,33+,34+,35-,36+,37-,38-,39-,40-,41-,44+,45+,46+,47-/m0/s1. The Morgan fingerprint density at radius 2 is 1.37 bits per heavy atom. The van der Waals surface area contributed by atoms with E-state index in [1.165, 1.54) is 0 Å². The van der Waals surface area contributed by atoms with E-state index >= 15 is 0 Å². The fourth-order valence-corrected chi connectivity index (χ4v) is 15.6. The third-order valence-electron chi connectivity index (χ3n) is 19.3. The van der Waals surface area contributed by atoms with Crippen molar-refractivity contribution in [3.63, 3.8) is 0 Å². The third-order valence-corrected chi connectivity index (χ3v) is 19.3. The van der Waals surface area contributed by atoms with Gasteiger partial charge in [-0.3, -0.25) is 4.79 Å². The predicted octanol–water partition coefficient (Wildman–Crippen LogP) is 1.66. The number of esters is 1. The summed E-state index contributed by atoms with van der Waals surface area (Å²) in [5.74, 6) is 0.399. The molecule has 9 N–H and O–H groups in total. The molecule has 3 saturated heterocycles. The maximum Gasteiger partial charge on any atom is 0.314 e. The Morgan fingerprint density at radius 3 is 2.05 bits per heavy atom. The van der Waals surface area contributed by atoms with Crippen molar-refractivity contribution in [1.29, 1.82) is 0 Å². The molecule has 0 amide bonds. The highest BCUT2D eigenvalue weighted by atomic mass is 16.8. The van der Waals surface area contributed by atoms with Gasteiger partial charge >= 0.3 is 5.97 Å². The zero-order chi connectivity index (χ0) is 45.9. The van der Waals surface area contributed by atoms with E-state index in [9.17, 15) is 50.8 Å². The molecule has 3 heterocycles. The number of aliphatic hydroxyl groups is 9. The molecule has 0 radical (unpaired) electrons. The van der Waals surface area contributed by atoms with Gasteiger partial charge in [-0.05, 0) is 129 Å². The van der Waals surface area contributed by atoms with Crippen LogP contribution < -0.4 is 0 Å². The molecule has 0 spiro atoms. The lowest BCUT2D eigenvalue weighted by atomic mass is 9.32. The van der Waals surface area contributed by atoms with Crippen LogP contribution in [0, 0.1) is 56.7 Å². The third kappa shape index (κ3) is 7.33. The normalized spacial score (nSPS) is 55.4. The van der Waals surface area contributed by atoms with Crippen molar-refractivity contribution in [2.24, 2.45) is 56.7 Å². The van der Waals surface area contributed by atoms with Gasteiger partial charge in [0.05, 0.1) is 30.8 Å². The molecule has 0 aromatic rings. The Kier molecular flexibility index (Phi) is 13.0. The fourth-order valence-electron chi connectivity index (χ4n) is 15.6. The Labute approximate surface area is 371 Å². The molecule has 0 unspecified atom stereocenters.